The first-order valence-electron chi connectivity index (χ1n) is 8.63. The van der Waals surface area contributed by atoms with Crippen LogP contribution in [0.2, 0.25) is 0 Å². The number of halogens is 3. The zero-order valence-corrected chi connectivity index (χ0v) is 17.9. The topological polar surface area (TPSA) is 59.0 Å². The third kappa shape index (κ3) is 4.82. The van der Waals surface area contributed by atoms with Gasteiger partial charge in [0, 0.05) is 17.3 Å². The number of imidazole rings is 1. The van der Waals surface area contributed by atoms with Gasteiger partial charge in [0.1, 0.15) is 11.6 Å². The molecule has 0 radical (unpaired) electrons. The summed E-state index contributed by atoms with van der Waals surface area (Å²) in [5.41, 5.74) is 4.19. The molecule has 1 amide bonds. The average Bonchev–Trinajstić information content (AvgIpc) is 2.95. The fourth-order valence-electron chi connectivity index (χ4n) is 3.09. The van der Waals surface area contributed by atoms with Crippen molar-refractivity contribution in [3.63, 3.8) is 0 Å². The molecule has 152 valence electrons. The van der Waals surface area contributed by atoms with Gasteiger partial charge in [0.2, 0.25) is 5.91 Å². The highest BCUT2D eigenvalue weighted by atomic mass is 35.5. The van der Waals surface area contributed by atoms with Crippen LogP contribution < -0.4 is 10.6 Å². The molecule has 0 saturated heterocycles. The summed E-state index contributed by atoms with van der Waals surface area (Å²) in [5.74, 6) is 0.426. The van der Waals surface area contributed by atoms with Crippen LogP contribution in [-0.4, -0.2) is 29.1 Å². The molecule has 3 rings (SSSR count). The number of nitrogens with one attached hydrogen (secondary N) is 2. The number of carbonyl (C=O) groups is 1. The summed E-state index contributed by atoms with van der Waals surface area (Å²) in [6.45, 7) is 6.31. The van der Waals surface area contributed by atoms with Gasteiger partial charge < -0.3 is 15.2 Å². The third-order valence-electron chi connectivity index (χ3n) is 4.26. The molecule has 5 nitrogen and oxygen atoms in total. The minimum atomic E-state index is -0.273. The lowest BCUT2D eigenvalue weighted by Gasteiger charge is -2.15. The van der Waals surface area contributed by atoms with Gasteiger partial charge in [0.25, 0.3) is 0 Å². The van der Waals surface area contributed by atoms with E-state index in [1.165, 1.54) is 12.1 Å². The van der Waals surface area contributed by atoms with Gasteiger partial charge in [-0.3, -0.25) is 4.79 Å². The van der Waals surface area contributed by atoms with Gasteiger partial charge in [-0.2, -0.15) is 0 Å². The number of aryl methyl sites for hydroxylation is 1. The molecule has 0 atom stereocenters. The maximum Gasteiger partial charge on any atom is 0.238 e. The van der Waals surface area contributed by atoms with Crippen LogP contribution in [0.5, 0.6) is 0 Å². The molecule has 0 aliphatic rings. The van der Waals surface area contributed by atoms with E-state index in [-0.39, 0.29) is 49.1 Å². The molecule has 3 aromatic rings. The molecule has 1 aromatic heterocycles. The first-order valence-corrected chi connectivity index (χ1v) is 8.63. The molecule has 2 aromatic carbocycles. The summed E-state index contributed by atoms with van der Waals surface area (Å²) in [5, 5.41) is 5.71. The van der Waals surface area contributed by atoms with Gasteiger partial charge in [-0.05, 0) is 69.8 Å². The fourth-order valence-corrected chi connectivity index (χ4v) is 3.09. The van der Waals surface area contributed by atoms with Crippen LogP contribution in [0.25, 0.3) is 22.4 Å². The Morgan fingerprint density at radius 2 is 1.89 bits per heavy atom. The molecule has 0 unspecified atom stereocenters. The zero-order chi connectivity index (χ0) is 18.8. The molecule has 2 N–H and O–H groups in total. The van der Waals surface area contributed by atoms with E-state index >= 15 is 0 Å². The van der Waals surface area contributed by atoms with E-state index in [0.29, 0.717) is 0 Å². The van der Waals surface area contributed by atoms with Crippen LogP contribution in [0.15, 0.2) is 36.4 Å². The number of aromatic nitrogens is 2. The van der Waals surface area contributed by atoms with E-state index in [1.807, 2.05) is 29.7 Å². The summed E-state index contributed by atoms with van der Waals surface area (Å²) in [4.78, 5) is 16.5. The van der Waals surface area contributed by atoms with Crippen LogP contribution in [0.4, 0.5) is 10.1 Å². The Balaban J connectivity index is 0.00000196. The number of carbonyl (C=O) groups excluding carboxylic acids is 1. The monoisotopic (exact) mass is 426 g/mol. The predicted octanol–water partition coefficient (Wildman–Crippen LogP) is 4.73. The predicted molar refractivity (Wildman–Crippen MR) is 117 cm³/mol. The van der Waals surface area contributed by atoms with Gasteiger partial charge >= 0.3 is 0 Å². The lowest BCUT2D eigenvalue weighted by atomic mass is 10.1. The Morgan fingerprint density at radius 3 is 2.50 bits per heavy atom. The Hall–Kier alpha value is -2.15. The Morgan fingerprint density at radius 1 is 1.18 bits per heavy atom. The van der Waals surface area contributed by atoms with E-state index in [2.05, 4.69) is 24.5 Å². The van der Waals surface area contributed by atoms with Gasteiger partial charge in [-0.15, -0.1) is 24.8 Å². The highest BCUT2D eigenvalue weighted by molar-refractivity contribution is 5.93. The number of hydrogen-bond acceptors (Lipinski definition) is 3. The number of fused-ring (bicyclic) bond motifs is 1. The van der Waals surface area contributed by atoms with E-state index in [4.69, 9.17) is 4.98 Å². The zero-order valence-electron chi connectivity index (χ0n) is 16.2. The van der Waals surface area contributed by atoms with Gasteiger partial charge in [0.15, 0.2) is 0 Å². The lowest BCUT2D eigenvalue weighted by molar-refractivity contribution is -0.115. The van der Waals surface area contributed by atoms with Crippen molar-refractivity contribution in [1.82, 2.24) is 14.9 Å². The SMILES string of the molecule is CNCC(=O)Nc1ccc(-c2nc3ccc(F)cc3n2C(C)C)cc1C.Cl.Cl. The van der Waals surface area contributed by atoms with Crippen molar-refractivity contribution in [3.05, 3.63) is 47.8 Å². The van der Waals surface area contributed by atoms with Crippen molar-refractivity contribution in [2.24, 2.45) is 0 Å². The highest BCUT2D eigenvalue weighted by Gasteiger charge is 2.16. The second-order valence-corrected chi connectivity index (χ2v) is 6.64. The maximum absolute atomic E-state index is 13.7. The first-order chi connectivity index (χ1) is 12.4. The molecule has 28 heavy (non-hydrogen) atoms. The van der Waals surface area contributed by atoms with Crippen molar-refractivity contribution in [2.75, 3.05) is 18.9 Å². The van der Waals surface area contributed by atoms with Crippen LogP contribution in [0, 0.1) is 12.7 Å². The Labute approximate surface area is 176 Å². The van der Waals surface area contributed by atoms with Crippen molar-refractivity contribution >= 4 is 47.4 Å². The van der Waals surface area contributed by atoms with Crippen molar-refractivity contribution in [3.8, 4) is 11.4 Å². The summed E-state index contributed by atoms with van der Waals surface area (Å²) >= 11 is 0. The van der Waals surface area contributed by atoms with Gasteiger partial charge in [-0.1, -0.05) is 0 Å². The molecule has 0 fully saturated rings. The third-order valence-corrected chi connectivity index (χ3v) is 4.26. The minimum absolute atomic E-state index is 0. The summed E-state index contributed by atoms with van der Waals surface area (Å²) in [6.07, 6.45) is 0. The Kier molecular flexibility index (Phi) is 8.42. The maximum atomic E-state index is 13.7. The second kappa shape index (κ2) is 9.87. The molecule has 0 spiro atoms. The molecule has 0 saturated carbocycles. The number of likely N-dealkylation sites (N-methyl/N-ethyl adjacent to an activating group) is 1. The Bertz CT molecular complexity index is 972. The van der Waals surface area contributed by atoms with Gasteiger partial charge in [-0.25, -0.2) is 9.37 Å². The summed E-state index contributed by atoms with van der Waals surface area (Å²) < 4.78 is 15.7. The molecular weight excluding hydrogens is 402 g/mol. The van der Waals surface area contributed by atoms with Crippen LogP contribution in [0.1, 0.15) is 25.5 Å². The minimum Gasteiger partial charge on any atom is -0.325 e. The highest BCUT2D eigenvalue weighted by Crippen LogP contribution is 2.30. The normalized spacial score (nSPS) is 10.5. The van der Waals surface area contributed by atoms with E-state index in [9.17, 15) is 9.18 Å². The van der Waals surface area contributed by atoms with Crippen LogP contribution in [-0.2, 0) is 4.79 Å². The summed E-state index contributed by atoms with van der Waals surface area (Å²) in [6, 6.07) is 10.6. The summed E-state index contributed by atoms with van der Waals surface area (Å²) in [7, 11) is 1.73. The number of anilines is 1. The number of hydrogen-bond donors (Lipinski definition) is 2. The standard InChI is InChI=1S/C20H23FN4O.2ClH/c1-12(2)25-18-10-15(21)6-8-17(18)24-20(25)14-5-7-16(13(3)9-14)23-19(26)11-22-4;;/h5-10,12,22H,11H2,1-4H3,(H,23,26);2*1H. The van der Waals surface area contributed by atoms with Crippen LogP contribution in [0.3, 0.4) is 0 Å². The largest absolute Gasteiger partial charge is 0.325 e. The van der Waals surface area contributed by atoms with Crippen molar-refractivity contribution in [2.45, 2.75) is 26.8 Å². The molecular formula is C20H25Cl2FN4O. The molecule has 0 aliphatic carbocycles. The molecule has 8 heteroatoms. The van der Waals surface area contributed by atoms with Crippen LogP contribution >= 0.6 is 24.8 Å². The number of benzene rings is 2. The lowest BCUT2D eigenvalue weighted by Crippen LogP contribution is -2.25. The number of rotatable bonds is 5. The van der Waals surface area contributed by atoms with E-state index < -0.39 is 0 Å². The van der Waals surface area contributed by atoms with Gasteiger partial charge in [0.05, 0.1) is 17.6 Å². The number of nitrogens with zero attached hydrogens (tertiary/aromatic N) is 2. The van der Waals surface area contributed by atoms with E-state index in [0.717, 1.165) is 33.7 Å². The second-order valence-electron chi connectivity index (χ2n) is 6.64. The quantitative estimate of drug-likeness (QED) is 0.619. The number of amides is 1. The average molecular weight is 427 g/mol. The molecule has 0 bridgehead atoms. The smallest absolute Gasteiger partial charge is 0.238 e. The van der Waals surface area contributed by atoms with E-state index in [1.54, 1.807) is 13.1 Å². The molecule has 1 heterocycles. The fraction of sp³-hybridized carbons (Fsp3) is 0.300. The van der Waals surface area contributed by atoms with Crippen molar-refractivity contribution < 1.29 is 9.18 Å². The molecule has 0 aliphatic heterocycles. The van der Waals surface area contributed by atoms with Crippen molar-refractivity contribution in [1.29, 1.82) is 0 Å². The first kappa shape index (κ1) is 23.9.